The molecule has 90 valence electrons. The van der Waals surface area contributed by atoms with Crippen LogP contribution in [0, 0.1) is 0 Å². The largest absolute Gasteiger partial charge is 0.384 e. The number of ether oxygens (including phenoxy) is 1. The Hall–Kier alpha value is -1.27. The SMILES string of the molecule is Cl.Cn1nc(C(=O)N2CCOCC2)cc1N. The third-order valence-electron chi connectivity index (χ3n) is 2.43. The number of carbonyl (C=O) groups excluding carboxylic acids is 1. The van der Waals surface area contributed by atoms with Gasteiger partial charge in [0.1, 0.15) is 5.82 Å². The standard InChI is InChI=1S/C9H14N4O2.ClH/c1-12-8(10)6-7(11-12)9(14)13-2-4-15-5-3-13;/h6H,2-5,10H2,1H3;1H. The summed E-state index contributed by atoms with van der Waals surface area (Å²) in [6.45, 7) is 2.42. The maximum atomic E-state index is 11.9. The molecule has 2 rings (SSSR count). The molecule has 1 amide bonds. The number of carbonyl (C=O) groups is 1. The molecule has 1 aliphatic heterocycles. The molecule has 7 heteroatoms. The van der Waals surface area contributed by atoms with Crippen molar-refractivity contribution >= 4 is 24.1 Å². The van der Waals surface area contributed by atoms with Crippen molar-refractivity contribution in [2.45, 2.75) is 0 Å². The zero-order valence-corrected chi connectivity index (χ0v) is 9.87. The van der Waals surface area contributed by atoms with E-state index in [0.717, 1.165) is 0 Å². The van der Waals surface area contributed by atoms with E-state index in [2.05, 4.69) is 5.10 Å². The van der Waals surface area contributed by atoms with Gasteiger partial charge in [-0.05, 0) is 0 Å². The summed E-state index contributed by atoms with van der Waals surface area (Å²) in [6.07, 6.45) is 0. The van der Waals surface area contributed by atoms with Crippen molar-refractivity contribution in [2.24, 2.45) is 7.05 Å². The van der Waals surface area contributed by atoms with E-state index in [1.165, 1.54) is 4.68 Å². The first-order valence-electron chi connectivity index (χ1n) is 4.85. The lowest BCUT2D eigenvalue weighted by atomic mass is 10.3. The van der Waals surface area contributed by atoms with Gasteiger partial charge in [-0.1, -0.05) is 0 Å². The fourth-order valence-corrected chi connectivity index (χ4v) is 1.51. The molecule has 6 nitrogen and oxygen atoms in total. The molecule has 0 atom stereocenters. The summed E-state index contributed by atoms with van der Waals surface area (Å²) in [5, 5.41) is 4.04. The average molecular weight is 247 g/mol. The van der Waals surface area contributed by atoms with Gasteiger partial charge in [0.05, 0.1) is 13.2 Å². The van der Waals surface area contributed by atoms with E-state index in [4.69, 9.17) is 10.5 Å². The first-order valence-corrected chi connectivity index (χ1v) is 4.85. The summed E-state index contributed by atoms with van der Waals surface area (Å²) in [5.41, 5.74) is 6.01. The monoisotopic (exact) mass is 246 g/mol. The minimum atomic E-state index is -0.0781. The molecule has 0 saturated carbocycles. The molecule has 1 aromatic heterocycles. The highest BCUT2D eigenvalue weighted by Gasteiger charge is 2.21. The predicted molar refractivity (Wildman–Crippen MR) is 61.6 cm³/mol. The number of aryl methyl sites for hydroxylation is 1. The Morgan fingerprint density at radius 1 is 1.50 bits per heavy atom. The number of hydrogen-bond acceptors (Lipinski definition) is 4. The molecule has 1 fully saturated rings. The molecule has 0 bridgehead atoms. The number of aromatic nitrogens is 2. The van der Waals surface area contributed by atoms with E-state index in [0.29, 0.717) is 37.8 Å². The van der Waals surface area contributed by atoms with Crippen LogP contribution in [-0.4, -0.2) is 46.9 Å². The van der Waals surface area contributed by atoms with Crippen molar-refractivity contribution in [2.75, 3.05) is 32.0 Å². The highest BCUT2D eigenvalue weighted by Crippen LogP contribution is 2.09. The molecule has 2 N–H and O–H groups in total. The van der Waals surface area contributed by atoms with Crippen molar-refractivity contribution in [3.63, 3.8) is 0 Å². The van der Waals surface area contributed by atoms with Gasteiger partial charge in [-0.2, -0.15) is 5.10 Å². The van der Waals surface area contributed by atoms with Crippen LogP contribution >= 0.6 is 12.4 Å². The normalized spacial score (nSPS) is 15.7. The van der Waals surface area contributed by atoms with E-state index < -0.39 is 0 Å². The van der Waals surface area contributed by atoms with Gasteiger partial charge in [0.2, 0.25) is 0 Å². The van der Waals surface area contributed by atoms with Crippen LogP contribution in [0.4, 0.5) is 5.82 Å². The van der Waals surface area contributed by atoms with Crippen molar-refractivity contribution in [1.29, 1.82) is 0 Å². The number of anilines is 1. The molecule has 1 aliphatic rings. The number of morpholine rings is 1. The van der Waals surface area contributed by atoms with Gasteiger partial charge in [-0.25, -0.2) is 0 Å². The lowest BCUT2D eigenvalue weighted by Crippen LogP contribution is -2.40. The maximum Gasteiger partial charge on any atom is 0.274 e. The summed E-state index contributed by atoms with van der Waals surface area (Å²) in [7, 11) is 1.71. The molecule has 1 aromatic rings. The Balaban J connectivity index is 0.00000128. The van der Waals surface area contributed by atoms with Gasteiger partial charge < -0.3 is 15.4 Å². The second kappa shape index (κ2) is 5.18. The van der Waals surface area contributed by atoms with Crippen LogP contribution in [0.5, 0.6) is 0 Å². The third kappa shape index (κ3) is 2.45. The summed E-state index contributed by atoms with van der Waals surface area (Å²) in [5.74, 6) is 0.414. The topological polar surface area (TPSA) is 73.4 Å². The van der Waals surface area contributed by atoms with Crippen LogP contribution in [0.25, 0.3) is 0 Å². The zero-order chi connectivity index (χ0) is 10.8. The van der Waals surface area contributed by atoms with Gasteiger partial charge in [-0.15, -0.1) is 12.4 Å². The smallest absolute Gasteiger partial charge is 0.274 e. The van der Waals surface area contributed by atoms with Crippen LogP contribution in [-0.2, 0) is 11.8 Å². The van der Waals surface area contributed by atoms with Gasteiger partial charge in [0, 0.05) is 26.2 Å². The molecular weight excluding hydrogens is 232 g/mol. The molecule has 0 spiro atoms. The van der Waals surface area contributed by atoms with Crippen LogP contribution < -0.4 is 5.73 Å². The Labute approximate surface area is 99.8 Å². The minimum absolute atomic E-state index is 0. The third-order valence-corrected chi connectivity index (χ3v) is 2.43. The number of amides is 1. The highest BCUT2D eigenvalue weighted by atomic mass is 35.5. The molecular formula is C9H15ClN4O2. The summed E-state index contributed by atoms with van der Waals surface area (Å²) in [6, 6.07) is 1.60. The number of nitrogens with zero attached hydrogens (tertiary/aromatic N) is 3. The Morgan fingerprint density at radius 2 is 2.12 bits per heavy atom. The van der Waals surface area contributed by atoms with Crippen molar-refractivity contribution in [3.05, 3.63) is 11.8 Å². The fraction of sp³-hybridized carbons (Fsp3) is 0.556. The highest BCUT2D eigenvalue weighted by molar-refractivity contribution is 5.93. The molecule has 0 aliphatic carbocycles. The Bertz CT molecular complexity index is 354. The summed E-state index contributed by atoms with van der Waals surface area (Å²) < 4.78 is 6.66. The molecule has 16 heavy (non-hydrogen) atoms. The van der Waals surface area contributed by atoms with E-state index in [-0.39, 0.29) is 18.3 Å². The minimum Gasteiger partial charge on any atom is -0.384 e. The Morgan fingerprint density at radius 3 is 2.62 bits per heavy atom. The number of nitrogen functional groups attached to an aromatic ring is 1. The first kappa shape index (κ1) is 12.8. The van der Waals surface area contributed by atoms with Crippen molar-refractivity contribution in [3.8, 4) is 0 Å². The summed E-state index contributed by atoms with van der Waals surface area (Å²) in [4.78, 5) is 13.6. The second-order valence-corrected chi connectivity index (χ2v) is 3.48. The Kier molecular flexibility index (Phi) is 4.14. The zero-order valence-electron chi connectivity index (χ0n) is 9.05. The number of halogens is 1. The lowest BCUT2D eigenvalue weighted by molar-refractivity contribution is 0.0298. The lowest BCUT2D eigenvalue weighted by Gasteiger charge is -2.25. The first-order chi connectivity index (χ1) is 7.18. The van der Waals surface area contributed by atoms with E-state index in [9.17, 15) is 4.79 Å². The van der Waals surface area contributed by atoms with Crippen LogP contribution in [0.1, 0.15) is 10.5 Å². The van der Waals surface area contributed by atoms with Crippen LogP contribution in [0.3, 0.4) is 0 Å². The number of rotatable bonds is 1. The molecule has 1 saturated heterocycles. The average Bonchev–Trinajstić information content (AvgIpc) is 2.59. The molecule has 0 radical (unpaired) electrons. The fourth-order valence-electron chi connectivity index (χ4n) is 1.51. The van der Waals surface area contributed by atoms with Gasteiger partial charge in [0.15, 0.2) is 5.69 Å². The quantitative estimate of drug-likeness (QED) is 0.751. The van der Waals surface area contributed by atoms with Gasteiger partial charge in [-0.3, -0.25) is 9.48 Å². The molecule has 2 heterocycles. The van der Waals surface area contributed by atoms with Gasteiger partial charge in [0.25, 0.3) is 5.91 Å². The molecule has 0 unspecified atom stereocenters. The van der Waals surface area contributed by atoms with E-state index in [1.54, 1.807) is 18.0 Å². The van der Waals surface area contributed by atoms with Gasteiger partial charge >= 0.3 is 0 Å². The summed E-state index contributed by atoms with van der Waals surface area (Å²) >= 11 is 0. The van der Waals surface area contributed by atoms with E-state index in [1.807, 2.05) is 0 Å². The number of hydrogen-bond donors (Lipinski definition) is 1. The number of nitrogens with two attached hydrogens (primary N) is 1. The van der Waals surface area contributed by atoms with Crippen molar-refractivity contribution < 1.29 is 9.53 Å². The predicted octanol–water partition coefficient (Wildman–Crippen LogP) is -0.103. The van der Waals surface area contributed by atoms with Crippen molar-refractivity contribution in [1.82, 2.24) is 14.7 Å². The molecule has 0 aromatic carbocycles. The van der Waals surface area contributed by atoms with Crippen LogP contribution in [0.2, 0.25) is 0 Å². The second-order valence-electron chi connectivity index (χ2n) is 3.48. The maximum absolute atomic E-state index is 11.9. The van der Waals surface area contributed by atoms with E-state index >= 15 is 0 Å². The van der Waals surface area contributed by atoms with Crippen LogP contribution in [0.15, 0.2) is 6.07 Å².